The Morgan fingerprint density at radius 2 is 1.84 bits per heavy atom. The van der Waals surface area contributed by atoms with Crippen LogP contribution in [0.15, 0.2) is 24.3 Å². The first kappa shape index (κ1) is 17.8. The predicted octanol–water partition coefficient (Wildman–Crippen LogP) is 0.888. The van der Waals surface area contributed by atoms with E-state index in [4.69, 9.17) is 4.74 Å². The van der Waals surface area contributed by atoms with Crippen LogP contribution in [-0.4, -0.2) is 79.0 Å². The zero-order chi connectivity index (χ0) is 18.0. The number of amides is 2. The molecule has 1 aromatic carbocycles. The van der Waals surface area contributed by atoms with E-state index in [9.17, 15) is 14.0 Å². The molecule has 0 aromatic heterocycles. The highest BCUT2D eigenvalue weighted by molar-refractivity contribution is 5.86. The van der Waals surface area contributed by atoms with Gasteiger partial charge in [-0.25, -0.2) is 4.39 Å². The molecule has 0 aliphatic carbocycles. The van der Waals surface area contributed by atoms with Crippen molar-refractivity contribution in [2.45, 2.75) is 19.1 Å². The van der Waals surface area contributed by atoms with Crippen LogP contribution in [0.2, 0.25) is 0 Å². The van der Waals surface area contributed by atoms with E-state index in [1.807, 2.05) is 0 Å². The minimum absolute atomic E-state index is 0.107. The zero-order valence-corrected chi connectivity index (χ0v) is 14.7. The molecule has 0 unspecified atom stereocenters. The second-order valence-electron chi connectivity index (χ2n) is 6.49. The highest BCUT2D eigenvalue weighted by Crippen LogP contribution is 2.30. The van der Waals surface area contributed by atoms with Crippen molar-refractivity contribution in [2.75, 3.05) is 46.4 Å². The number of nitrogens with zero attached hydrogens (tertiary/aromatic N) is 3. The summed E-state index contributed by atoms with van der Waals surface area (Å²) < 4.78 is 18.9. The van der Waals surface area contributed by atoms with Crippen molar-refractivity contribution in [3.63, 3.8) is 0 Å². The van der Waals surface area contributed by atoms with Gasteiger partial charge in [-0.1, -0.05) is 19.1 Å². The summed E-state index contributed by atoms with van der Waals surface area (Å²) in [5.41, 5.74) is 0.697. The molecule has 7 heteroatoms. The average Bonchev–Trinajstić information content (AvgIpc) is 2.64. The maximum atomic E-state index is 13.3. The number of carbonyl (C=O) groups excluding carboxylic acids is 2. The highest BCUT2D eigenvalue weighted by Gasteiger charge is 2.42. The van der Waals surface area contributed by atoms with Gasteiger partial charge in [0.05, 0.1) is 6.04 Å². The SMILES string of the molecule is CCN1CCN(C(=O)[C@H]2OCC(=O)N(C)[C@H]2c2ccc(F)cc2)CC1. The molecule has 25 heavy (non-hydrogen) atoms. The van der Waals surface area contributed by atoms with Crippen LogP contribution in [0.25, 0.3) is 0 Å². The summed E-state index contributed by atoms with van der Waals surface area (Å²) in [5, 5.41) is 0. The lowest BCUT2D eigenvalue weighted by Crippen LogP contribution is -2.57. The molecule has 2 amide bonds. The van der Waals surface area contributed by atoms with E-state index in [-0.39, 0.29) is 24.2 Å². The number of morpholine rings is 1. The van der Waals surface area contributed by atoms with E-state index in [0.29, 0.717) is 18.7 Å². The largest absolute Gasteiger partial charge is 0.356 e. The smallest absolute Gasteiger partial charge is 0.254 e. The molecule has 2 aliphatic rings. The minimum atomic E-state index is -0.763. The monoisotopic (exact) mass is 349 g/mol. The third kappa shape index (κ3) is 3.67. The molecule has 2 heterocycles. The Bertz CT molecular complexity index is 629. The van der Waals surface area contributed by atoms with E-state index in [0.717, 1.165) is 19.6 Å². The fourth-order valence-corrected chi connectivity index (χ4v) is 3.44. The van der Waals surface area contributed by atoms with Crippen molar-refractivity contribution in [1.82, 2.24) is 14.7 Å². The van der Waals surface area contributed by atoms with Crippen LogP contribution in [0.1, 0.15) is 18.5 Å². The first-order chi connectivity index (χ1) is 12.0. The third-order valence-electron chi connectivity index (χ3n) is 5.07. The van der Waals surface area contributed by atoms with Crippen LogP contribution >= 0.6 is 0 Å². The number of halogens is 1. The lowest BCUT2D eigenvalue weighted by Gasteiger charge is -2.42. The van der Waals surface area contributed by atoms with Gasteiger partial charge < -0.3 is 19.4 Å². The lowest BCUT2D eigenvalue weighted by molar-refractivity contribution is -0.168. The zero-order valence-electron chi connectivity index (χ0n) is 14.7. The van der Waals surface area contributed by atoms with Gasteiger partial charge in [0.15, 0.2) is 6.10 Å². The quantitative estimate of drug-likeness (QED) is 0.813. The Balaban J connectivity index is 1.81. The third-order valence-corrected chi connectivity index (χ3v) is 5.07. The summed E-state index contributed by atoms with van der Waals surface area (Å²) in [5.74, 6) is -0.647. The van der Waals surface area contributed by atoms with Crippen LogP contribution in [0.4, 0.5) is 4.39 Å². The summed E-state index contributed by atoms with van der Waals surface area (Å²) in [6.45, 7) is 5.94. The Morgan fingerprint density at radius 1 is 1.20 bits per heavy atom. The molecule has 2 aliphatic heterocycles. The Labute approximate surface area is 147 Å². The minimum Gasteiger partial charge on any atom is -0.356 e. The van der Waals surface area contributed by atoms with Gasteiger partial charge in [0, 0.05) is 33.2 Å². The summed E-state index contributed by atoms with van der Waals surface area (Å²) in [7, 11) is 1.66. The first-order valence-electron chi connectivity index (χ1n) is 8.65. The molecule has 2 saturated heterocycles. The molecule has 2 fully saturated rings. The molecule has 6 nitrogen and oxygen atoms in total. The standard InChI is InChI=1S/C18H24FN3O3/c1-3-21-8-10-22(11-9-21)18(24)17-16(20(2)15(23)12-25-17)13-4-6-14(19)7-5-13/h4-7,16-17H,3,8-12H2,1-2H3/t16-,17-/m0/s1. The van der Waals surface area contributed by atoms with E-state index in [1.165, 1.54) is 17.0 Å². The van der Waals surface area contributed by atoms with Gasteiger partial charge in [-0.05, 0) is 24.2 Å². The van der Waals surface area contributed by atoms with Crippen LogP contribution in [0.5, 0.6) is 0 Å². The van der Waals surface area contributed by atoms with Crippen molar-refractivity contribution in [3.8, 4) is 0 Å². The predicted molar refractivity (Wildman–Crippen MR) is 90.3 cm³/mol. The molecule has 0 bridgehead atoms. The van der Waals surface area contributed by atoms with Crippen LogP contribution in [0.3, 0.4) is 0 Å². The summed E-state index contributed by atoms with van der Waals surface area (Å²) >= 11 is 0. The summed E-state index contributed by atoms with van der Waals surface area (Å²) in [6.07, 6.45) is -0.763. The Kier molecular flexibility index (Phi) is 5.34. The molecule has 1 aromatic rings. The van der Waals surface area contributed by atoms with Crippen molar-refractivity contribution >= 4 is 11.8 Å². The fourth-order valence-electron chi connectivity index (χ4n) is 3.44. The van der Waals surface area contributed by atoms with Gasteiger partial charge in [0.1, 0.15) is 12.4 Å². The molecule has 0 saturated carbocycles. The number of likely N-dealkylation sites (N-methyl/N-ethyl adjacent to an activating group) is 2. The Hall–Kier alpha value is -1.99. The Morgan fingerprint density at radius 3 is 2.44 bits per heavy atom. The van der Waals surface area contributed by atoms with Gasteiger partial charge in [-0.2, -0.15) is 0 Å². The molecular formula is C18H24FN3O3. The van der Waals surface area contributed by atoms with Crippen LogP contribution < -0.4 is 0 Å². The second kappa shape index (κ2) is 7.49. The number of benzene rings is 1. The molecule has 0 N–H and O–H groups in total. The van der Waals surface area contributed by atoms with Gasteiger partial charge >= 0.3 is 0 Å². The highest BCUT2D eigenvalue weighted by atomic mass is 19.1. The molecule has 0 spiro atoms. The number of piperazine rings is 1. The van der Waals surface area contributed by atoms with Crippen molar-refractivity contribution < 1.29 is 18.7 Å². The molecular weight excluding hydrogens is 325 g/mol. The maximum Gasteiger partial charge on any atom is 0.254 e. The summed E-state index contributed by atoms with van der Waals surface area (Å²) in [4.78, 5) is 30.7. The van der Waals surface area contributed by atoms with Crippen molar-refractivity contribution in [2.24, 2.45) is 0 Å². The van der Waals surface area contributed by atoms with Crippen LogP contribution in [-0.2, 0) is 14.3 Å². The van der Waals surface area contributed by atoms with E-state index < -0.39 is 12.1 Å². The van der Waals surface area contributed by atoms with Gasteiger partial charge in [0.2, 0.25) is 5.91 Å². The van der Waals surface area contributed by atoms with Crippen LogP contribution in [0, 0.1) is 5.82 Å². The normalized spacial score (nSPS) is 25.3. The topological polar surface area (TPSA) is 53.1 Å². The van der Waals surface area contributed by atoms with E-state index in [2.05, 4.69) is 11.8 Å². The van der Waals surface area contributed by atoms with E-state index in [1.54, 1.807) is 24.1 Å². The van der Waals surface area contributed by atoms with Crippen molar-refractivity contribution in [1.29, 1.82) is 0 Å². The van der Waals surface area contributed by atoms with Gasteiger partial charge in [-0.3, -0.25) is 9.59 Å². The molecule has 0 radical (unpaired) electrons. The maximum absolute atomic E-state index is 13.3. The summed E-state index contributed by atoms with van der Waals surface area (Å²) in [6, 6.07) is 5.34. The molecule has 2 atom stereocenters. The lowest BCUT2D eigenvalue weighted by atomic mass is 9.97. The van der Waals surface area contributed by atoms with Crippen molar-refractivity contribution in [3.05, 3.63) is 35.6 Å². The number of rotatable bonds is 3. The number of ether oxygens (including phenoxy) is 1. The number of carbonyl (C=O) groups is 2. The average molecular weight is 349 g/mol. The first-order valence-corrected chi connectivity index (χ1v) is 8.65. The van der Waals surface area contributed by atoms with E-state index >= 15 is 0 Å². The second-order valence-corrected chi connectivity index (χ2v) is 6.49. The fraction of sp³-hybridized carbons (Fsp3) is 0.556. The number of hydrogen-bond acceptors (Lipinski definition) is 4. The van der Waals surface area contributed by atoms with Gasteiger partial charge in [0.25, 0.3) is 5.91 Å². The molecule has 3 rings (SSSR count). The molecule has 136 valence electrons. The number of hydrogen-bond donors (Lipinski definition) is 0. The van der Waals surface area contributed by atoms with Gasteiger partial charge in [-0.15, -0.1) is 0 Å².